The Morgan fingerprint density at radius 3 is 2.71 bits per heavy atom. The second-order valence-electron chi connectivity index (χ2n) is 7.88. The first-order chi connectivity index (χ1) is 15.2. The number of halogens is 2. The molecule has 6 rings (SSSR count). The topological polar surface area (TPSA) is 96.3 Å². The molecule has 11 heteroatoms. The largest absolute Gasteiger partial charge is 0.378 e. The van der Waals surface area contributed by atoms with Crippen molar-refractivity contribution >= 4 is 51.8 Å². The quantitative estimate of drug-likeness (QED) is 0.471. The summed E-state index contributed by atoms with van der Waals surface area (Å²) in [5.41, 5.74) is 3.66. The summed E-state index contributed by atoms with van der Waals surface area (Å²) in [5, 5.41) is 8.92. The monoisotopic (exact) mass is 458 g/mol. The van der Waals surface area contributed by atoms with E-state index in [0.29, 0.717) is 47.6 Å². The fourth-order valence-corrected chi connectivity index (χ4v) is 4.21. The maximum Gasteiger partial charge on any atom is 0.230 e. The highest BCUT2D eigenvalue weighted by atomic mass is 35.5. The number of aromatic nitrogens is 6. The van der Waals surface area contributed by atoms with Crippen molar-refractivity contribution in [3.8, 4) is 0 Å². The van der Waals surface area contributed by atoms with Crippen molar-refractivity contribution < 1.29 is 4.74 Å². The molecule has 2 fully saturated rings. The Balaban J connectivity index is 1.34. The van der Waals surface area contributed by atoms with Crippen molar-refractivity contribution in [1.29, 1.82) is 0 Å². The molecule has 1 aliphatic heterocycles. The van der Waals surface area contributed by atoms with Gasteiger partial charge in [-0.1, -0.05) is 23.2 Å². The molecule has 0 amide bonds. The third-order valence-corrected chi connectivity index (χ3v) is 6.40. The minimum Gasteiger partial charge on any atom is -0.378 e. The zero-order valence-corrected chi connectivity index (χ0v) is 18.1. The molecule has 0 atom stereocenters. The second-order valence-corrected chi connectivity index (χ2v) is 8.69. The highest BCUT2D eigenvalue weighted by Crippen LogP contribution is 2.42. The number of H-pyrrole nitrogens is 1. The van der Waals surface area contributed by atoms with Crippen LogP contribution in [0.1, 0.15) is 30.1 Å². The van der Waals surface area contributed by atoms with Crippen LogP contribution < -0.4 is 10.2 Å². The standard InChI is InChI=1S/C20H20Cl2N8O/c21-13-7-15-16(8-14(13)22)26-17(25-15)10-23-19-28-20(29-3-5-31-6-4-29)27-18-12(11-1-2-11)9-24-30(18)19/h7-9,11H,1-6,10H2,(H,25,26)(H,23,27,28). The number of morpholine rings is 1. The van der Waals surface area contributed by atoms with E-state index < -0.39 is 0 Å². The average Bonchev–Trinajstić information content (AvgIpc) is 3.42. The molecule has 9 nitrogen and oxygen atoms in total. The number of imidazole rings is 1. The molecule has 1 aromatic carbocycles. The van der Waals surface area contributed by atoms with Gasteiger partial charge in [0.15, 0.2) is 5.65 Å². The van der Waals surface area contributed by atoms with E-state index in [-0.39, 0.29) is 0 Å². The number of hydrogen-bond acceptors (Lipinski definition) is 7. The summed E-state index contributed by atoms with van der Waals surface area (Å²) < 4.78 is 7.27. The van der Waals surface area contributed by atoms with E-state index in [4.69, 9.17) is 37.9 Å². The van der Waals surface area contributed by atoms with E-state index in [2.05, 4.69) is 25.3 Å². The number of hydrogen-bond donors (Lipinski definition) is 2. The molecule has 0 spiro atoms. The molecule has 1 saturated heterocycles. The summed E-state index contributed by atoms with van der Waals surface area (Å²) in [5.74, 6) is 2.63. The van der Waals surface area contributed by atoms with Crippen LogP contribution in [0.15, 0.2) is 18.3 Å². The Kier molecular flexibility index (Phi) is 4.62. The molecule has 4 aromatic rings. The molecule has 4 heterocycles. The van der Waals surface area contributed by atoms with Crippen molar-refractivity contribution in [1.82, 2.24) is 29.5 Å². The maximum atomic E-state index is 6.12. The van der Waals surface area contributed by atoms with E-state index in [1.165, 1.54) is 18.4 Å². The van der Waals surface area contributed by atoms with Crippen molar-refractivity contribution in [3.05, 3.63) is 39.8 Å². The van der Waals surface area contributed by atoms with Crippen molar-refractivity contribution in [2.75, 3.05) is 36.5 Å². The van der Waals surface area contributed by atoms with Gasteiger partial charge in [-0.3, -0.25) is 0 Å². The van der Waals surface area contributed by atoms with Gasteiger partial charge < -0.3 is 19.9 Å². The molecule has 0 bridgehead atoms. The van der Waals surface area contributed by atoms with Gasteiger partial charge in [-0.25, -0.2) is 4.98 Å². The van der Waals surface area contributed by atoms with Gasteiger partial charge in [0, 0.05) is 18.7 Å². The Labute approximate surface area is 187 Å². The van der Waals surface area contributed by atoms with Crippen LogP contribution in [0, 0.1) is 0 Å². The van der Waals surface area contributed by atoms with Crippen LogP contribution in [-0.2, 0) is 11.3 Å². The van der Waals surface area contributed by atoms with Crippen molar-refractivity contribution in [2.24, 2.45) is 0 Å². The van der Waals surface area contributed by atoms with Crippen LogP contribution in [0.25, 0.3) is 16.7 Å². The first kappa shape index (κ1) is 19.1. The van der Waals surface area contributed by atoms with Crippen LogP contribution in [0.2, 0.25) is 10.0 Å². The van der Waals surface area contributed by atoms with Crippen molar-refractivity contribution in [2.45, 2.75) is 25.3 Å². The molecule has 0 radical (unpaired) electrons. The number of nitrogens with zero attached hydrogens (tertiary/aromatic N) is 6. The third-order valence-electron chi connectivity index (χ3n) is 5.68. The number of rotatable bonds is 5. The lowest BCUT2D eigenvalue weighted by molar-refractivity contribution is 0.122. The summed E-state index contributed by atoms with van der Waals surface area (Å²) in [6, 6.07) is 3.54. The highest BCUT2D eigenvalue weighted by Gasteiger charge is 2.29. The molecule has 160 valence electrons. The zero-order valence-electron chi connectivity index (χ0n) is 16.6. The van der Waals surface area contributed by atoms with Gasteiger partial charge in [0.1, 0.15) is 5.82 Å². The maximum absolute atomic E-state index is 6.12. The lowest BCUT2D eigenvalue weighted by Crippen LogP contribution is -2.37. The number of benzene rings is 1. The van der Waals surface area contributed by atoms with Gasteiger partial charge in [-0.2, -0.15) is 19.6 Å². The predicted octanol–water partition coefficient (Wildman–Crippen LogP) is 3.63. The molecular formula is C20H20Cl2N8O. The summed E-state index contributed by atoms with van der Waals surface area (Å²) in [6.45, 7) is 3.34. The Morgan fingerprint density at radius 1 is 1.10 bits per heavy atom. The lowest BCUT2D eigenvalue weighted by atomic mass is 10.2. The molecule has 3 aromatic heterocycles. The SMILES string of the molecule is Clc1cc2nc(CNc3nc(N4CCOCC4)nc4c(C5CC5)cnn34)[nH]c2cc1Cl. The number of nitrogens with one attached hydrogen (secondary N) is 2. The van der Waals surface area contributed by atoms with Gasteiger partial charge in [0.05, 0.1) is 47.0 Å². The smallest absolute Gasteiger partial charge is 0.230 e. The van der Waals surface area contributed by atoms with E-state index in [1.807, 2.05) is 6.20 Å². The van der Waals surface area contributed by atoms with E-state index in [9.17, 15) is 0 Å². The first-order valence-corrected chi connectivity index (χ1v) is 11.1. The number of anilines is 2. The molecule has 0 unspecified atom stereocenters. The van der Waals surface area contributed by atoms with Crippen LogP contribution in [0.4, 0.5) is 11.9 Å². The Hall–Kier alpha value is -2.62. The minimum absolute atomic E-state index is 0.442. The molecule has 1 aliphatic carbocycles. The Morgan fingerprint density at radius 2 is 1.90 bits per heavy atom. The van der Waals surface area contributed by atoms with Crippen LogP contribution in [-0.4, -0.2) is 55.9 Å². The summed E-state index contributed by atoms with van der Waals surface area (Å²) >= 11 is 12.2. The van der Waals surface area contributed by atoms with Gasteiger partial charge >= 0.3 is 0 Å². The van der Waals surface area contributed by atoms with E-state index >= 15 is 0 Å². The van der Waals surface area contributed by atoms with Gasteiger partial charge in [0.25, 0.3) is 0 Å². The lowest BCUT2D eigenvalue weighted by Gasteiger charge is -2.27. The van der Waals surface area contributed by atoms with Crippen LogP contribution in [0.5, 0.6) is 0 Å². The highest BCUT2D eigenvalue weighted by molar-refractivity contribution is 6.42. The van der Waals surface area contributed by atoms with E-state index in [1.54, 1.807) is 16.6 Å². The van der Waals surface area contributed by atoms with E-state index in [0.717, 1.165) is 35.6 Å². The van der Waals surface area contributed by atoms with Gasteiger partial charge in [-0.05, 0) is 30.9 Å². The predicted molar refractivity (Wildman–Crippen MR) is 119 cm³/mol. The van der Waals surface area contributed by atoms with Crippen LogP contribution >= 0.6 is 23.2 Å². The molecular weight excluding hydrogens is 439 g/mol. The van der Waals surface area contributed by atoms with Crippen molar-refractivity contribution in [3.63, 3.8) is 0 Å². The molecule has 2 aliphatic rings. The number of fused-ring (bicyclic) bond motifs is 2. The molecule has 2 N–H and O–H groups in total. The second kappa shape index (κ2) is 7.51. The number of aromatic amines is 1. The fraction of sp³-hybridized carbons (Fsp3) is 0.400. The third kappa shape index (κ3) is 3.56. The fourth-order valence-electron chi connectivity index (χ4n) is 3.89. The normalized spacial score (nSPS) is 17.0. The molecule has 31 heavy (non-hydrogen) atoms. The summed E-state index contributed by atoms with van der Waals surface area (Å²) in [6.07, 6.45) is 4.29. The van der Waals surface area contributed by atoms with Gasteiger partial charge in [0.2, 0.25) is 11.9 Å². The molecule has 1 saturated carbocycles. The average molecular weight is 459 g/mol. The Bertz CT molecular complexity index is 1240. The van der Waals surface area contributed by atoms with Gasteiger partial charge in [-0.15, -0.1) is 0 Å². The minimum atomic E-state index is 0.442. The summed E-state index contributed by atoms with van der Waals surface area (Å²) in [4.78, 5) is 19.7. The number of ether oxygens (including phenoxy) is 1. The van der Waals surface area contributed by atoms with Crippen LogP contribution in [0.3, 0.4) is 0 Å². The summed E-state index contributed by atoms with van der Waals surface area (Å²) in [7, 11) is 0. The first-order valence-electron chi connectivity index (χ1n) is 10.3. The zero-order chi connectivity index (χ0) is 20.9.